The van der Waals surface area contributed by atoms with Crippen LogP contribution in [0.5, 0.6) is 5.88 Å². The minimum absolute atomic E-state index is 0.108. The molecule has 9 N–H and O–H groups in total. The first-order valence-corrected chi connectivity index (χ1v) is 29.3. The van der Waals surface area contributed by atoms with Crippen molar-refractivity contribution < 1.29 is 32.3 Å². The summed E-state index contributed by atoms with van der Waals surface area (Å²) in [6.45, 7) is 5.41. The summed E-state index contributed by atoms with van der Waals surface area (Å²) in [5.41, 5.74) is 18.0. The number of benzene rings is 6. The van der Waals surface area contributed by atoms with Gasteiger partial charge in [-0.1, -0.05) is 23.2 Å². The van der Waals surface area contributed by atoms with Crippen molar-refractivity contribution in [3.8, 4) is 39.7 Å². The van der Waals surface area contributed by atoms with Gasteiger partial charge in [0.1, 0.15) is 64.7 Å². The number of aryl methyl sites for hydroxylation is 2. The number of fused-ring (bicyclic) bond motifs is 3. The van der Waals surface area contributed by atoms with E-state index in [0.29, 0.717) is 134 Å². The van der Waals surface area contributed by atoms with E-state index in [1.54, 1.807) is 91.0 Å². The molecule has 0 aliphatic heterocycles. The van der Waals surface area contributed by atoms with Crippen LogP contribution >= 0.6 is 34.8 Å². The van der Waals surface area contributed by atoms with Crippen molar-refractivity contribution in [3.05, 3.63) is 196 Å². The quantitative estimate of drug-likeness (QED) is 0.0171. The number of aromatic nitrogens is 12. The summed E-state index contributed by atoms with van der Waals surface area (Å²) in [5.74, 6) is 0.794. The van der Waals surface area contributed by atoms with Crippen LogP contribution in [-0.4, -0.2) is 115 Å². The first-order chi connectivity index (χ1) is 43.9. The third kappa shape index (κ3) is 19.4. The molecule has 22 nitrogen and oxygen atoms in total. The molecule has 0 saturated heterocycles. The van der Waals surface area contributed by atoms with Crippen LogP contribution in [-0.2, 0) is 12.8 Å². The largest absolute Gasteiger partial charge is 0.473 e. The molecular formula is C63H58Cl3F3N18O4. The van der Waals surface area contributed by atoms with Gasteiger partial charge >= 0.3 is 0 Å². The molecule has 91 heavy (non-hydrogen) atoms. The van der Waals surface area contributed by atoms with Gasteiger partial charge < -0.3 is 26.8 Å². The highest BCUT2D eigenvalue weighted by molar-refractivity contribution is 6.67. The zero-order chi connectivity index (χ0) is 64.8. The van der Waals surface area contributed by atoms with Gasteiger partial charge in [-0.2, -0.15) is 10.2 Å². The van der Waals surface area contributed by atoms with E-state index in [4.69, 9.17) is 61.4 Å². The molecule has 0 unspecified atom stereocenters. The molecular weight excluding hydrogens is 1240 g/mol. The zero-order valence-electron chi connectivity index (χ0n) is 48.8. The number of nitrogens with zero attached hydrogens (tertiary/aromatic N) is 11. The third-order valence-corrected chi connectivity index (χ3v) is 13.6. The van der Waals surface area contributed by atoms with Crippen molar-refractivity contribution in [2.45, 2.75) is 58.5 Å². The van der Waals surface area contributed by atoms with Gasteiger partial charge in [0.15, 0.2) is 10.3 Å². The second-order valence-electron chi connectivity index (χ2n) is 19.9. The SMILES string of the molecule is CC(C)Oc1nc2ccc(C(=O)NCCCc3ncn[nH]3)cc2nc1-c1ccc(F)cc1.N=C(CCCN)N=CN.O=C(Cl)c1ccc2nc(Cl)c(-c3ccc(F)cc3)nc2c1.O=C(NCCCc1ncn[nH]1)c1ccc2nc(Cl)c(-c3ccc(F)cc3)nc2c1. The summed E-state index contributed by atoms with van der Waals surface area (Å²) in [6, 6.07) is 32.5. The fourth-order valence-electron chi connectivity index (χ4n) is 8.44. The van der Waals surface area contributed by atoms with E-state index in [9.17, 15) is 27.6 Å². The Labute approximate surface area is 533 Å². The summed E-state index contributed by atoms with van der Waals surface area (Å²) < 4.78 is 45.4. The maximum absolute atomic E-state index is 13.4. The highest BCUT2D eigenvalue weighted by atomic mass is 35.5. The molecule has 6 aromatic carbocycles. The van der Waals surface area contributed by atoms with Gasteiger partial charge in [-0.25, -0.2) is 58.0 Å². The Hall–Kier alpha value is -10.2. The molecule has 11 aromatic rings. The second-order valence-corrected chi connectivity index (χ2v) is 20.9. The van der Waals surface area contributed by atoms with Crippen LogP contribution in [0.4, 0.5) is 13.2 Å². The fourth-order valence-corrected chi connectivity index (χ4v) is 9.04. The van der Waals surface area contributed by atoms with Crippen molar-refractivity contribution in [1.82, 2.24) is 70.9 Å². The van der Waals surface area contributed by atoms with Crippen LogP contribution in [0.3, 0.4) is 0 Å². The molecule has 2 amide bonds. The highest BCUT2D eigenvalue weighted by Crippen LogP contribution is 2.32. The molecule has 0 radical (unpaired) electrons. The van der Waals surface area contributed by atoms with Crippen LogP contribution in [0, 0.1) is 22.9 Å². The van der Waals surface area contributed by atoms with E-state index < -0.39 is 5.24 Å². The van der Waals surface area contributed by atoms with E-state index >= 15 is 0 Å². The summed E-state index contributed by atoms with van der Waals surface area (Å²) in [6.07, 6.45) is 8.21. The number of nitrogens with one attached hydrogen (secondary N) is 5. The van der Waals surface area contributed by atoms with E-state index in [2.05, 4.69) is 70.9 Å². The van der Waals surface area contributed by atoms with Gasteiger partial charge in [0.05, 0.1) is 45.5 Å². The molecule has 5 heterocycles. The predicted molar refractivity (Wildman–Crippen MR) is 344 cm³/mol. The molecule has 0 fully saturated rings. The van der Waals surface area contributed by atoms with Gasteiger partial charge in [0.2, 0.25) is 5.88 Å². The zero-order valence-corrected chi connectivity index (χ0v) is 51.0. The molecule has 0 spiro atoms. The van der Waals surface area contributed by atoms with E-state index in [1.807, 2.05) is 13.8 Å². The standard InChI is InChI=1S/C23H23FN6O2.C20H16ClFN6O.C15H7Cl2FN2O.C5H12N4/c1-14(2)32-23-21(15-5-8-17(24)9-6-15)28-19-12-16(7-10-18(19)29-23)22(31)25-11-3-4-20-26-13-27-30-20;21-19-18(12-3-6-14(22)7-4-12)26-16-10-13(5-8-15(16)27-19)20(29)23-9-1-2-17-24-11-25-28-17;16-14-13(8-1-4-10(18)5-2-8)19-12-7-9(15(17)21)3-6-11(12)20-14;6-3-1-2-5(8)9-4-7/h5-10,12-14H,3-4,11H2,1-2H3,(H,25,31)(H,26,27,30);3-8,10-11H,1-2,9H2,(H,23,29)(H,24,25,28);1-7H;4H,1-3,6H2,(H3,7,8,9). The van der Waals surface area contributed by atoms with Crippen LogP contribution in [0.2, 0.25) is 10.3 Å². The summed E-state index contributed by atoms with van der Waals surface area (Å²) in [7, 11) is 0. The Kier molecular flexibility index (Phi) is 24.1. The third-order valence-electron chi connectivity index (χ3n) is 12.9. The molecule has 0 aliphatic rings. The van der Waals surface area contributed by atoms with Crippen molar-refractivity contribution in [1.29, 1.82) is 5.41 Å². The van der Waals surface area contributed by atoms with Gasteiger partial charge in [-0.05, 0) is 179 Å². The van der Waals surface area contributed by atoms with Gasteiger partial charge in [0, 0.05) is 65.7 Å². The Bertz CT molecular complexity index is 4300. The van der Waals surface area contributed by atoms with Gasteiger partial charge in [0.25, 0.3) is 17.1 Å². The monoisotopic (exact) mass is 1290 g/mol. The average molecular weight is 1290 g/mol. The van der Waals surface area contributed by atoms with Crippen molar-refractivity contribution in [2.24, 2.45) is 16.5 Å². The van der Waals surface area contributed by atoms with Crippen LogP contribution in [0.1, 0.15) is 82.3 Å². The number of carbonyl (C=O) groups excluding carboxylic acids is 3. The molecule has 11 rings (SSSR count). The summed E-state index contributed by atoms with van der Waals surface area (Å²) >= 11 is 17.8. The number of carbonyl (C=O) groups is 3. The highest BCUT2D eigenvalue weighted by Gasteiger charge is 2.18. The number of nitrogens with two attached hydrogens (primary N) is 2. The lowest BCUT2D eigenvalue weighted by Crippen LogP contribution is -2.24. The van der Waals surface area contributed by atoms with Crippen LogP contribution in [0.25, 0.3) is 66.9 Å². The number of halogens is 6. The lowest BCUT2D eigenvalue weighted by molar-refractivity contribution is 0.0945. The number of ether oxygens (including phenoxy) is 1. The average Bonchev–Trinajstić information content (AvgIpc) is 1.64. The van der Waals surface area contributed by atoms with Crippen molar-refractivity contribution in [3.63, 3.8) is 0 Å². The van der Waals surface area contributed by atoms with Crippen LogP contribution in [0.15, 0.2) is 145 Å². The minimum Gasteiger partial charge on any atom is -0.473 e. The lowest BCUT2D eigenvalue weighted by Gasteiger charge is -2.14. The van der Waals surface area contributed by atoms with Gasteiger partial charge in [-0.15, -0.1) is 0 Å². The topological polar surface area (TPSA) is 333 Å². The number of aromatic amines is 2. The van der Waals surface area contributed by atoms with E-state index in [-0.39, 0.29) is 45.7 Å². The Morgan fingerprint density at radius 2 is 0.989 bits per heavy atom. The van der Waals surface area contributed by atoms with Crippen molar-refractivity contribution in [2.75, 3.05) is 19.6 Å². The Morgan fingerprint density at radius 1 is 0.582 bits per heavy atom. The number of aliphatic imine (C=N–C) groups is 1. The molecule has 0 aliphatic carbocycles. The first-order valence-electron chi connectivity index (χ1n) is 28.1. The van der Waals surface area contributed by atoms with E-state index in [1.165, 1.54) is 49.1 Å². The summed E-state index contributed by atoms with van der Waals surface area (Å²) in [4.78, 5) is 74.7. The molecule has 5 aromatic heterocycles. The lowest BCUT2D eigenvalue weighted by atomic mass is 10.1. The first kappa shape index (κ1) is 66.7. The smallest absolute Gasteiger partial charge is 0.252 e. The maximum atomic E-state index is 13.4. The van der Waals surface area contributed by atoms with Crippen molar-refractivity contribution >= 4 is 97.1 Å². The number of amides is 2. The van der Waals surface area contributed by atoms with Crippen LogP contribution < -0.4 is 26.8 Å². The molecule has 28 heteroatoms. The fraction of sp³-hybridized carbons (Fsp3) is 0.190. The Morgan fingerprint density at radius 3 is 1.38 bits per heavy atom. The minimum atomic E-state index is -0.572. The maximum Gasteiger partial charge on any atom is 0.252 e. The predicted octanol–water partition coefficient (Wildman–Crippen LogP) is 11.4. The number of hydrogen-bond acceptors (Lipinski definition) is 16. The summed E-state index contributed by atoms with van der Waals surface area (Å²) in [5, 5.41) is 25.9. The normalized spacial score (nSPS) is 10.9. The number of amidine groups is 1. The molecule has 466 valence electrons. The molecule has 0 bridgehead atoms. The number of rotatable bonds is 19. The number of hydrogen-bond donors (Lipinski definition) is 7. The number of H-pyrrole nitrogens is 2. The Balaban J connectivity index is 0.000000167. The van der Waals surface area contributed by atoms with E-state index in [0.717, 1.165) is 37.2 Å². The second kappa shape index (κ2) is 32.9. The van der Waals surface area contributed by atoms with Gasteiger partial charge in [-0.3, -0.25) is 30.0 Å². The molecule has 0 atom stereocenters. The molecule has 0 saturated carbocycles.